The first-order chi connectivity index (χ1) is 7.67. The zero-order chi connectivity index (χ0) is 12.0. The van der Waals surface area contributed by atoms with Gasteiger partial charge in [0.2, 0.25) is 0 Å². The lowest BCUT2D eigenvalue weighted by atomic mass is 10.2. The van der Waals surface area contributed by atoms with Gasteiger partial charge in [-0.2, -0.15) is 5.26 Å². The van der Waals surface area contributed by atoms with Crippen LogP contribution in [0.3, 0.4) is 0 Å². The maximum absolute atomic E-state index is 11.1. The fraction of sp³-hybridized carbons (Fsp3) is 0.167. The molecule has 4 nitrogen and oxygen atoms in total. The van der Waals surface area contributed by atoms with Gasteiger partial charge in [0.25, 0.3) is 0 Å². The second-order valence-corrected chi connectivity index (χ2v) is 3.17. The zero-order valence-electron chi connectivity index (χ0n) is 9.15. The molecule has 1 aromatic carbocycles. The fourth-order valence-corrected chi connectivity index (χ4v) is 1.05. The van der Waals surface area contributed by atoms with Gasteiger partial charge in [-0.25, -0.2) is 4.79 Å². The number of carbonyl (C=O) groups excluding carboxylic acids is 1. The molecule has 0 unspecified atom stereocenters. The topological polar surface area (TPSA) is 62.1 Å². The van der Waals surface area contributed by atoms with Crippen molar-refractivity contribution in [3.8, 4) is 6.07 Å². The number of nitrogens with one attached hydrogen (secondary N) is 1. The molecule has 82 valence electrons. The predicted octanol–water partition coefficient (Wildman–Crippen LogP) is 1.99. The maximum atomic E-state index is 11.1. The van der Waals surface area contributed by atoms with Gasteiger partial charge in [0.05, 0.1) is 7.11 Å². The summed E-state index contributed by atoms with van der Waals surface area (Å²) in [5.74, 6) is -0.651. The molecule has 0 aliphatic heterocycles. The summed E-state index contributed by atoms with van der Waals surface area (Å²) in [6.45, 7) is 1.98. The molecule has 0 bridgehead atoms. The average Bonchev–Trinajstić information content (AvgIpc) is 2.31. The van der Waals surface area contributed by atoms with E-state index in [1.165, 1.54) is 13.3 Å². The number of esters is 1. The summed E-state index contributed by atoms with van der Waals surface area (Å²) < 4.78 is 4.44. The monoisotopic (exact) mass is 216 g/mol. The summed E-state index contributed by atoms with van der Waals surface area (Å²) in [5.41, 5.74) is 1.88. The minimum Gasteiger partial charge on any atom is -0.465 e. The Balaban J connectivity index is 2.75. The molecule has 0 amide bonds. The van der Waals surface area contributed by atoms with Crippen molar-refractivity contribution >= 4 is 11.7 Å². The van der Waals surface area contributed by atoms with Crippen molar-refractivity contribution in [3.05, 3.63) is 41.6 Å². The second kappa shape index (κ2) is 5.56. The van der Waals surface area contributed by atoms with Crippen LogP contribution in [0.4, 0.5) is 5.69 Å². The third-order valence-corrected chi connectivity index (χ3v) is 1.96. The normalized spacial score (nSPS) is 10.4. The molecule has 0 radical (unpaired) electrons. The highest BCUT2D eigenvalue weighted by Gasteiger charge is 2.07. The maximum Gasteiger partial charge on any atom is 0.350 e. The van der Waals surface area contributed by atoms with Gasteiger partial charge in [-0.3, -0.25) is 0 Å². The van der Waals surface area contributed by atoms with Gasteiger partial charge < -0.3 is 10.1 Å². The molecule has 0 heterocycles. The van der Waals surface area contributed by atoms with E-state index in [2.05, 4.69) is 10.1 Å². The van der Waals surface area contributed by atoms with E-state index in [1.54, 1.807) is 6.07 Å². The minimum atomic E-state index is -0.651. The predicted molar refractivity (Wildman–Crippen MR) is 60.5 cm³/mol. The van der Waals surface area contributed by atoms with Crippen LogP contribution in [0.5, 0.6) is 0 Å². The van der Waals surface area contributed by atoms with Gasteiger partial charge in [-0.05, 0) is 19.1 Å². The average molecular weight is 216 g/mol. The molecule has 0 saturated heterocycles. The van der Waals surface area contributed by atoms with Gasteiger partial charge in [0.15, 0.2) is 5.57 Å². The van der Waals surface area contributed by atoms with Crippen molar-refractivity contribution in [2.75, 3.05) is 12.4 Å². The van der Waals surface area contributed by atoms with E-state index < -0.39 is 5.97 Å². The highest BCUT2D eigenvalue weighted by Crippen LogP contribution is 2.09. The summed E-state index contributed by atoms with van der Waals surface area (Å²) in [6, 6.07) is 9.34. The largest absolute Gasteiger partial charge is 0.465 e. The number of benzene rings is 1. The molecule has 1 N–H and O–H groups in total. The summed E-state index contributed by atoms with van der Waals surface area (Å²) in [5, 5.41) is 11.5. The Hall–Kier alpha value is -2.28. The third-order valence-electron chi connectivity index (χ3n) is 1.96. The van der Waals surface area contributed by atoms with Crippen molar-refractivity contribution in [2.45, 2.75) is 6.92 Å². The van der Waals surface area contributed by atoms with Gasteiger partial charge in [0.1, 0.15) is 6.07 Å². The first-order valence-corrected chi connectivity index (χ1v) is 4.69. The van der Waals surface area contributed by atoms with Crippen LogP contribution in [0.25, 0.3) is 0 Å². The number of nitrogens with zero attached hydrogens (tertiary/aromatic N) is 1. The fourth-order valence-electron chi connectivity index (χ4n) is 1.05. The number of carbonyl (C=O) groups is 1. The molecule has 0 fully saturated rings. The molecular weight excluding hydrogens is 204 g/mol. The number of nitriles is 1. The first-order valence-electron chi connectivity index (χ1n) is 4.69. The number of hydrogen-bond acceptors (Lipinski definition) is 4. The van der Waals surface area contributed by atoms with Crippen molar-refractivity contribution < 1.29 is 9.53 Å². The Bertz CT molecular complexity index is 441. The van der Waals surface area contributed by atoms with E-state index >= 15 is 0 Å². The standard InChI is InChI=1S/C12H12N2O2/c1-9-3-5-11(6-4-9)14-8-10(7-13)12(15)16-2/h3-6,8,14H,1-2H3/b10-8-. The van der Waals surface area contributed by atoms with E-state index in [4.69, 9.17) is 5.26 Å². The van der Waals surface area contributed by atoms with Gasteiger partial charge in [-0.1, -0.05) is 17.7 Å². The van der Waals surface area contributed by atoms with E-state index in [9.17, 15) is 4.79 Å². The molecule has 0 aliphatic rings. The Morgan fingerprint density at radius 2 is 2.06 bits per heavy atom. The van der Waals surface area contributed by atoms with Gasteiger partial charge >= 0.3 is 5.97 Å². The van der Waals surface area contributed by atoms with E-state index in [-0.39, 0.29) is 5.57 Å². The van der Waals surface area contributed by atoms with E-state index in [1.807, 2.05) is 31.2 Å². The van der Waals surface area contributed by atoms with Gasteiger partial charge in [-0.15, -0.1) is 0 Å². The third kappa shape index (κ3) is 3.14. The quantitative estimate of drug-likeness (QED) is 0.477. The molecule has 4 heteroatoms. The van der Waals surface area contributed by atoms with Crippen LogP contribution in [0.15, 0.2) is 36.0 Å². The number of aryl methyl sites for hydroxylation is 1. The second-order valence-electron chi connectivity index (χ2n) is 3.17. The summed E-state index contributed by atoms with van der Waals surface area (Å²) in [7, 11) is 1.24. The van der Waals surface area contributed by atoms with Crippen molar-refractivity contribution in [3.63, 3.8) is 0 Å². The lowest BCUT2D eigenvalue weighted by Crippen LogP contribution is -2.05. The number of methoxy groups -OCH3 is 1. The summed E-state index contributed by atoms with van der Waals surface area (Å²) in [6.07, 6.45) is 1.33. The van der Waals surface area contributed by atoms with Crippen molar-refractivity contribution in [1.82, 2.24) is 0 Å². The van der Waals surface area contributed by atoms with Crippen LogP contribution in [-0.2, 0) is 9.53 Å². The molecule has 16 heavy (non-hydrogen) atoms. The lowest BCUT2D eigenvalue weighted by molar-refractivity contribution is -0.135. The van der Waals surface area contributed by atoms with Gasteiger partial charge in [0, 0.05) is 11.9 Å². The molecule has 0 aromatic heterocycles. The zero-order valence-corrected chi connectivity index (χ0v) is 9.15. The highest BCUT2D eigenvalue weighted by atomic mass is 16.5. The number of ether oxygens (including phenoxy) is 1. The molecule has 0 aliphatic carbocycles. The van der Waals surface area contributed by atoms with E-state index in [0.29, 0.717) is 0 Å². The molecular formula is C12H12N2O2. The Morgan fingerprint density at radius 3 is 2.56 bits per heavy atom. The summed E-state index contributed by atoms with van der Waals surface area (Å²) in [4.78, 5) is 11.1. The first kappa shape index (κ1) is 11.8. The van der Waals surface area contributed by atoms with Crippen LogP contribution in [0.1, 0.15) is 5.56 Å². The SMILES string of the molecule is COC(=O)/C(C#N)=C\Nc1ccc(C)cc1. The molecule has 1 aromatic rings. The van der Waals surface area contributed by atoms with Crippen LogP contribution in [0, 0.1) is 18.3 Å². The Labute approximate surface area is 94.1 Å². The molecule has 0 saturated carbocycles. The highest BCUT2D eigenvalue weighted by molar-refractivity contribution is 5.92. The van der Waals surface area contributed by atoms with Crippen LogP contribution >= 0.6 is 0 Å². The Kier molecular flexibility index (Phi) is 4.10. The van der Waals surface area contributed by atoms with Crippen molar-refractivity contribution in [1.29, 1.82) is 5.26 Å². The number of hydrogen-bond donors (Lipinski definition) is 1. The number of anilines is 1. The minimum absolute atomic E-state index is 0.0666. The van der Waals surface area contributed by atoms with E-state index in [0.717, 1.165) is 11.3 Å². The Morgan fingerprint density at radius 1 is 1.44 bits per heavy atom. The number of rotatable bonds is 3. The molecule has 0 spiro atoms. The lowest BCUT2D eigenvalue weighted by Gasteiger charge is -2.01. The summed E-state index contributed by atoms with van der Waals surface area (Å²) >= 11 is 0. The van der Waals surface area contributed by atoms with Crippen LogP contribution in [-0.4, -0.2) is 13.1 Å². The smallest absolute Gasteiger partial charge is 0.350 e. The van der Waals surface area contributed by atoms with Crippen molar-refractivity contribution in [2.24, 2.45) is 0 Å². The molecule has 1 rings (SSSR count). The molecule has 0 atom stereocenters. The van der Waals surface area contributed by atoms with Crippen LogP contribution in [0.2, 0.25) is 0 Å². The van der Waals surface area contributed by atoms with Crippen LogP contribution < -0.4 is 5.32 Å².